The minimum Gasteiger partial charge on any atom is -0.466 e. The molecule has 0 N–H and O–H groups in total. The fraction of sp³-hybridized carbons (Fsp3) is 0.360. The number of ether oxygens (including phenoxy) is 1. The summed E-state index contributed by atoms with van der Waals surface area (Å²) in [5, 5.41) is 0.800. The standard InChI is InChI=1S/C25H25Cl2NO5/c1-2-31-25(30)16-9-12-28(13-10-16)23(29)8-5-20-19(4-6-21(26)24(20)27)17-3-7-22-18(15-17)11-14-32-33-22/h3-8,15-16H,2,9-14H2,1H3. The van der Waals surface area contributed by atoms with Crippen LogP contribution in [0, 0.1) is 5.92 Å². The molecular weight excluding hydrogens is 465 g/mol. The van der Waals surface area contributed by atoms with Crippen molar-refractivity contribution < 1.29 is 24.1 Å². The third-order valence-corrected chi connectivity index (χ3v) is 6.75. The molecule has 0 radical (unpaired) electrons. The molecule has 0 bridgehead atoms. The molecule has 33 heavy (non-hydrogen) atoms. The molecule has 2 aromatic rings. The summed E-state index contributed by atoms with van der Waals surface area (Å²) in [6.07, 6.45) is 5.17. The van der Waals surface area contributed by atoms with Crippen molar-refractivity contribution in [3.8, 4) is 16.9 Å². The summed E-state index contributed by atoms with van der Waals surface area (Å²) in [4.78, 5) is 36.8. The molecule has 2 aromatic carbocycles. The first-order valence-electron chi connectivity index (χ1n) is 11.0. The Morgan fingerprint density at radius 2 is 1.97 bits per heavy atom. The van der Waals surface area contributed by atoms with Gasteiger partial charge in [-0.25, -0.2) is 0 Å². The molecule has 0 spiro atoms. The number of hydrogen-bond donors (Lipinski definition) is 0. The maximum Gasteiger partial charge on any atom is 0.309 e. The number of carbonyl (C=O) groups is 2. The van der Waals surface area contributed by atoms with Crippen LogP contribution in [0.4, 0.5) is 0 Å². The Labute approximate surface area is 202 Å². The van der Waals surface area contributed by atoms with E-state index in [1.54, 1.807) is 24.0 Å². The summed E-state index contributed by atoms with van der Waals surface area (Å²) < 4.78 is 5.10. The van der Waals surface area contributed by atoms with E-state index in [0.717, 1.165) is 23.1 Å². The Morgan fingerprint density at radius 1 is 1.18 bits per heavy atom. The van der Waals surface area contributed by atoms with Gasteiger partial charge in [0.15, 0.2) is 5.75 Å². The first kappa shape index (κ1) is 23.6. The molecule has 0 unspecified atom stereocenters. The van der Waals surface area contributed by atoms with Crippen molar-refractivity contribution in [2.24, 2.45) is 5.92 Å². The highest BCUT2D eigenvalue weighted by molar-refractivity contribution is 6.43. The van der Waals surface area contributed by atoms with Gasteiger partial charge in [-0.05, 0) is 55.2 Å². The van der Waals surface area contributed by atoms with E-state index in [9.17, 15) is 9.59 Å². The molecule has 2 aliphatic rings. The van der Waals surface area contributed by atoms with Gasteiger partial charge >= 0.3 is 5.97 Å². The van der Waals surface area contributed by atoms with Gasteiger partial charge in [0.1, 0.15) is 0 Å². The number of rotatable bonds is 5. The third kappa shape index (κ3) is 5.35. The van der Waals surface area contributed by atoms with Crippen molar-refractivity contribution in [3.63, 3.8) is 0 Å². The Hall–Kier alpha value is -2.54. The summed E-state index contributed by atoms with van der Waals surface area (Å²) in [7, 11) is 0. The van der Waals surface area contributed by atoms with Crippen LogP contribution in [0.2, 0.25) is 10.0 Å². The molecule has 0 aromatic heterocycles. The first-order chi connectivity index (χ1) is 16.0. The Bertz CT molecular complexity index is 1080. The van der Waals surface area contributed by atoms with Gasteiger partial charge in [0.2, 0.25) is 5.91 Å². The normalized spacial score (nSPS) is 16.4. The second-order valence-electron chi connectivity index (χ2n) is 7.99. The molecule has 6 nitrogen and oxygen atoms in total. The second kappa shape index (κ2) is 10.6. The number of halogens is 2. The molecule has 174 valence electrons. The van der Waals surface area contributed by atoms with Crippen LogP contribution in [-0.4, -0.2) is 43.1 Å². The number of nitrogens with zero attached hydrogens (tertiary/aromatic N) is 1. The molecular formula is C25H25Cl2NO5. The SMILES string of the molecule is CCOC(=O)C1CCN(C(=O)C=Cc2c(-c3ccc4c(c3)CCOO4)ccc(Cl)c2Cl)CC1. The Balaban J connectivity index is 1.53. The lowest BCUT2D eigenvalue weighted by molar-refractivity contribution is -0.215. The highest BCUT2D eigenvalue weighted by Crippen LogP contribution is 2.37. The summed E-state index contributed by atoms with van der Waals surface area (Å²) in [6, 6.07) is 9.46. The zero-order chi connectivity index (χ0) is 23.4. The number of benzene rings is 2. The van der Waals surface area contributed by atoms with Crippen LogP contribution in [0.15, 0.2) is 36.4 Å². The molecule has 2 heterocycles. The van der Waals surface area contributed by atoms with Gasteiger partial charge < -0.3 is 14.5 Å². The van der Waals surface area contributed by atoms with Crippen LogP contribution < -0.4 is 4.89 Å². The Kier molecular flexibility index (Phi) is 7.58. The number of fused-ring (bicyclic) bond motifs is 1. The number of hydrogen-bond acceptors (Lipinski definition) is 5. The second-order valence-corrected chi connectivity index (χ2v) is 8.77. The molecule has 1 amide bonds. The number of amides is 1. The fourth-order valence-electron chi connectivity index (χ4n) is 4.12. The lowest BCUT2D eigenvalue weighted by Gasteiger charge is -2.30. The summed E-state index contributed by atoms with van der Waals surface area (Å²) in [6.45, 7) is 3.68. The van der Waals surface area contributed by atoms with E-state index >= 15 is 0 Å². The van der Waals surface area contributed by atoms with Gasteiger partial charge in [0.25, 0.3) is 0 Å². The van der Waals surface area contributed by atoms with Crippen LogP contribution in [0.3, 0.4) is 0 Å². The molecule has 0 aliphatic carbocycles. The fourth-order valence-corrected chi connectivity index (χ4v) is 4.51. The lowest BCUT2D eigenvalue weighted by Crippen LogP contribution is -2.39. The van der Waals surface area contributed by atoms with Gasteiger partial charge in [-0.15, -0.1) is 0 Å². The summed E-state index contributed by atoms with van der Waals surface area (Å²) >= 11 is 12.8. The van der Waals surface area contributed by atoms with E-state index in [1.165, 1.54) is 6.08 Å². The summed E-state index contributed by atoms with van der Waals surface area (Å²) in [5.74, 6) is 0.238. The van der Waals surface area contributed by atoms with Crippen molar-refractivity contribution >= 4 is 41.2 Å². The highest BCUT2D eigenvalue weighted by Gasteiger charge is 2.27. The van der Waals surface area contributed by atoms with Crippen LogP contribution in [-0.2, 0) is 25.6 Å². The zero-order valence-electron chi connectivity index (χ0n) is 18.3. The topological polar surface area (TPSA) is 65.1 Å². The smallest absolute Gasteiger partial charge is 0.309 e. The van der Waals surface area contributed by atoms with E-state index in [-0.39, 0.29) is 17.8 Å². The molecule has 8 heteroatoms. The van der Waals surface area contributed by atoms with Crippen molar-refractivity contribution in [3.05, 3.63) is 57.6 Å². The predicted molar refractivity (Wildman–Crippen MR) is 127 cm³/mol. The van der Waals surface area contributed by atoms with Crippen LogP contribution in [0.5, 0.6) is 5.75 Å². The van der Waals surface area contributed by atoms with E-state index in [1.807, 2.05) is 24.3 Å². The average Bonchev–Trinajstić information content (AvgIpc) is 2.84. The van der Waals surface area contributed by atoms with Gasteiger partial charge in [-0.1, -0.05) is 35.3 Å². The minimum absolute atomic E-state index is 0.129. The lowest BCUT2D eigenvalue weighted by atomic mass is 9.96. The van der Waals surface area contributed by atoms with E-state index in [0.29, 0.717) is 60.5 Å². The molecule has 0 saturated carbocycles. The maximum absolute atomic E-state index is 12.8. The van der Waals surface area contributed by atoms with Crippen LogP contribution in [0.1, 0.15) is 30.9 Å². The number of likely N-dealkylation sites (tertiary alicyclic amines) is 1. The number of piperidine rings is 1. The van der Waals surface area contributed by atoms with Crippen molar-refractivity contribution in [1.29, 1.82) is 0 Å². The molecule has 4 rings (SSSR count). The van der Waals surface area contributed by atoms with E-state index in [2.05, 4.69) is 0 Å². The van der Waals surface area contributed by atoms with Crippen molar-refractivity contribution in [1.82, 2.24) is 4.90 Å². The zero-order valence-corrected chi connectivity index (χ0v) is 19.8. The monoisotopic (exact) mass is 489 g/mol. The molecule has 1 saturated heterocycles. The van der Waals surface area contributed by atoms with Gasteiger partial charge in [0.05, 0.1) is 29.2 Å². The highest BCUT2D eigenvalue weighted by atomic mass is 35.5. The van der Waals surface area contributed by atoms with Gasteiger partial charge in [-0.3, -0.25) is 9.59 Å². The van der Waals surface area contributed by atoms with E-state index in [4.69, 9.17) is 37.7 Å². The van der Waals surface area contributed by atoms with Crippen molar-refractivity contribution in [2.75, 3.05) is 26.3 Å². The molecule has 2 aliphatic heterocycles. The average molecular weight is 490 g/mol. The predicted octanol–water partition coefficient (Wildman–Crippen LogP) is 5.34. The van der Waals surface area contributed by atoms with Gasteiger partial charge in [-0.2, -0.15) is 4.89 Å². The third-order valence-electron chi connectivity index (χ3n) is 5.93. The van der Waals surface area contributed by atoms with Gasteiger partial charge in [0, 0.05) is 36.7 Å². The Morgan fingerprint density at radius 3 is 2.73 bits per heavy atom. The number of carbonyl (C=O) groups excluding carboxylic acids is 2. The summed E-state index contributed by atoms with van der Waals surface area (Å²) in [5.41, 5.74) is 3.52. The number of esters is 1. The largest absolute Gasteiger partial charge is 0.466 e. The first-order valence-corrected chi connectivity index (χ1v) is 11.8. The minimum atomic E-state index is -0.183. The maximum atomic E-state index is 12.8. The molecule has 0 atom stereocenters. The van der Waals surface area contributed by atoms with Crippen molar-refractivity contribution in [2.45, 2.75) is 26.2 Å². The van der Waals surface area contributed by atoms with E-state index < -0.39 is 0 Å². The van der Waals surface area contributed by atoms with Crippen LogP contribution in [0.25, 0.3) is 17.2 Å². The quantitative estimate of drug-likeness (QED) is 0.322. The van der Waals surface area contributed by atoms with Crippen LogP contribution >= 0.6 is 23.2 Å². The molecule has 1 fully saturated rings.